The van der Waals surface area contributed by atoms with Crippen molar-refractivity contribution in [3.63, 3.8) is 0 Å². The normalized spacial score (nSPS) is 11.5. The molecule has 0 spiro atoms. The van der Waals surface area contributed by atoms with E-state index in [4.69, 9.17) is 5.10 Å². The maximum Gasteiger partial charge on any atom is 0.132 e. The average Bonchev–Trinajstić information content (AvgIpc) is 2.84. The molecule has 118 valence electrons. The Morgan fingerprint density at radius 1 is 0.826 bits per heavy atom. The second-order valence-corrected chi connectivity index (χ2v) is 6.80. The monoisotopic (exact) mass is 305 g/mol. The predicted molar refractivity (Wildman–Crippen MR) is 97.5 cm³/mol. The number of hydrogen-bond donors (Lipinski definition) is 1. The zero-order chi connectivity index (χ0) is 16.4. The van der Waals surface area contributed by atoms with Crippen molar-refractivity contribution >= 4 is 5.82 Å². The van der Waals surface area contributed by atoms with Gasteiger partial charge in [-0.05, 0) is 26.3 Å². The van der Waals surface area contributed by atoms with Crippen molar-refractivity contribution in [3.8, 4) is 22.4 Å². The molecule has 0 aliphatic heterocycles. The third kappa shape index (κ3) is 3.29. The van der Waals surface area contributed by atoms with E-state index in [0.717, 1.165) is 22.6 Å². The van der Waals surface area contributed by atoms with Gasteiger partial charge in [0.25, 0.3) is 0 Å². The lowest BCUT2D eigenvalue weighted by Gasteiger charge is -2.23. The van der Waals surface area contributed by atoms with Crippen LogP contribution in [-0.2, 0) is 7.05 Å². The van der Waals surface area contributed by atoms with Crippen LogP contribution in [0.25, 0.3) is 22.4 Å². The maximum atomic E-state index is 4.80. The molecule has 0 saturated heterocycles. The van der Waals surface area contributed by atoms with E-state index in [1.807, 2.05) is 23.9 Å². The van der Waals surface area contributed by atoms with E-state index in [-0.39, 0.29) is 5.54 Å². The Hall–Kier alpha value is -2.55. The molecule has 0 radical (unpaired) electrons. The van der Waals surface area contributed by atoms with E-state index in [0.29, 0.717) is 0 Å². The van der Waals surface area contributed by atoms with Crippen LogP contribution >= 0.6 is 0 Å². The Kier molecular flexibility index (Phi) is 3.95. The first kappa shape index (κ1) is 15.3. The summed E-state index contributed by atoms with van der Waals surface area (Å²) in [4.78, 5) is 0. The molecule has 0 amide bonds. The molecule has 1 N–H and O–H groups in total. The number of aromatic nitrogens is 2. The van der Waals surface area contributed by atoms with E-state index < -0.39 is 0 Å². The summed E-state index contributed by atoms with van der Waals surface area (Å²) >= 11 is 0. The summed E-state index contributed by atoms with van der Waals surface area (Å²) in [5, 5.41) is 8.40. The predicted octanol–water partition coefficient (Wildman–Crippen LogP) is 4.96. The molecule has 0 unspecified atom stereocenters. The molecule has 3 nitrogen and oxygen atoms in total. The third-order valence-corrected chi connectivity index (χ3v) is 3.65. The van der Waals surface area contributed by atoms with E-state index >= 15 is 0 Å². The van der Waals surface area contributed by atoms with Gasteiger partial charge in [-0.1, -0.05) is 60.7 Å². The molecule has 0 saturated carbocycles. The van der Waals surface area contributed by atoms with Crippen molar-refractivity contribution in [3.05, 3.63) is 60.7 Å². The number of anilines is 1. The van der Waals surface area contributed by atoms with Gasteiger partial charge >= 0.3 is 0 Å². The van der Waals surface area contributed by atoms with Crippen molar-refractivity contribution in [2.75, 3.05) is 5.32 Å². The number of benzene rings is 2. The van der Waals surface area contributed by atoms with Gasteiger partial charge in [0.1, 0.15) is 11.5 Å². The molecule has 1 aromatic heterocycles. The standard InChI is InChI=1S/C20H23N3/c1-20(2,3)21-19-17(15-11-7-5-8-12-15)18(22-23(19)4)16-13-9-6-10-14-16/h5-14,21H,1-4H3. The number of nitrogens with zero attached hydrogens (tertiary/aromatic N) is 2. The molecule has 3 heteroatoms. The molecular formula is C20H23N3. The van der Waals surface area contributed by atoms with Gasteiger partial charge in [0.15, 0.2) is 0 Å². The molecule has 2 aromatic carbocycles. The average molecular weight is 305 g/mol. The lowest BCUT2D eigenvalue weighted by atomic mass is 9.99. The number of nitrogens with one attached hydrogen (secondary N) is 1. The number of rotatable bonds is 3. The second-order valence-electron chi connectivity index (χ2n) is 6.80. The number of hydrogen-bond acceptors (Lipinski definition) is 2. The minimum Gasteiger partial charge on any atom is -0.365 e. The van der Waals surface area contributed by atoms with Crippen LogP contribution in [0.5, 0.6) is 0 Å². The third-order valence-electron chi connectivity index (χ3n) is 3.65. The minimum atomic E-state index is -0.0364. The highest BCUT2D eigenvalue weighted by atomic mass is 15.3. The van der Waals surface area contributed by atoms with E-state index in [1.54, 1.807) is 0 Å². The van der Waals surface area contributed by atoms with Crippen LogP contribution in [0.2, 0.25) is 0 Å². The van der Waals surface area contributed by atoms with Gasteiger partial charge < -0.3 is 5.32 Å². The van der Waals surface area contributed by atoms with E-state index in [2.05, 4.69) is 74.6 Å². The van der Waals surface area contributed by atoms with Gasteiger partial charge in [-0.25, -0.2) is 0 Å². The molecule has 3 aromatic rings. The van der Waals surface area contributed by atoms with Crippen LogP contribution in [0.3, 0.4) is 0 Å². The highest BCUT2D eigenvalue weighted by Crippen LogP contribution is 2.38. The first-order valence-electron chi connectivity index (χ1n) is 7.92. The van der Waals surface area contributed by atoms with Crippen molar-refractivity contribution in [1.82, 2.24) is 9.78 Å². The molecule has 1 heterocycles. The van der Waals surface area contributed by atoms with Gasteiger partial charge in [0, 0.05) is 18.2 Å². The molecule has 0 atom stereocenters. The summed E-state index contributed by atoms with van der Waals surface area (Å²) in [5.74, 6) is 1.04. The Labute approximate surface area is 138 Å². The Balaban J connectivity index is 2.23. The van der Waals surface area contributed by atoms with Crippen molar-refractivity contribution in [2.45, 2.75) is 26.3 Å². The van der Waals surface area contributed by atoms with E-state index in [9.17, 15) is 0 Å². The van der Waals surface area contributed by atoms with Crippen LogP contribution in [-0.4, -0.2) is 15.3 Å². The van der Waals surface area contributed by atoms with Crippen LogP contribution in [0.1, 0.15) is 20.8 Å². The molecule has 0 aliphatic rings. The fourth-order valence-electron chi connectivity index (χ4n) is 2.70. The molecule has 0 bridgehead atoms. The van der Waals surface area contributed by atoms with Gasteiger partial charge in [-0.2, -0.15) is 5.10 Å². The molecule has 0 fully saturated rings. The van der Waals surface area contributed by atoms with Gasteiger partial charge in [0.2, 0.25) is 0 Å². The SMILES string of the molecule is Cn1nc(-c2ccccc2)c(-c2ccccc2)c1NC(C)(C)C. The van der Waals surface area contributed by atoms with Gasteiger partial charge in [-0.3, -0.25) is 4.68 Å². The second kappa shape index (κ2) is 5.92. The van der Waals surface area contributed by atoms with Gasteiger partial charge in [-0.15, -0.1) is 0 Å². The first-order chi connectivity index (χ1) is 11.0. The lowest BCUT2D eigenvalue weighted by molar-refractivity contribution is 0.617. The Morgan fingerprint density at radius 3 is 1.87 bits per heavy atom. The highest BCUT2D eigenvalue weighted by Gasteiger charge is 2.22. The fraction of sp³-hybridized carbons (Fsp3) is 0.250. The smallest absolute Gasteiger partial charge is 0.132 e. The Bertz CT molecular complexity index is 781. The maximum absolute atomic E-state index is 4.80. The van der Waals surface area contributed by atoms with Crippen LogP contribution in [0, 0.1) is 0 Å². The summed E-state index contributed by atoms with van der Waals surface area (Å²) in [6, 6.07) is 20.8. The first-order valence-corrected chi connectivity index (χ1v) is 7.92. The van der Waals surface area contributed by atoms with Crippen LogP contribution in [0.15, 0.2) is 60.7 Å². The van der Waals surface area contributed by atoms with Crippen molar-refractivity contribution in [2.24, 2.45) is 7.05 Å². The molecule has 0 aliphatic carbocycles. The lowest BCUT2D eigenvalue weighted by Crippen LogP contribution is -2.27. The fourth-order valence-corrected chi connectivity index (χ4v) is 2.70. The summed E-state index contributed by atoms with van der Waals surface area (Å²) in [5.41, 5.74) is 4.42. The quantitative estimate of drug-likeness (QED) is 0.741. The van der Waals surface area contributed by atoms with Crippen LogP contribution < -0.4 is 5.32 Å². The van der Waals surface area contributed by atoms with Crippen molar-refractivity contribution in [1.29, 1.82) is 0 Å². The Morgan fingerprint density at radius 2 is 1.35 bits per heavy atom. The van der Waals surface area contributed by atoms with E-state index in [1.165, 1.54) is 5.56 Å². The summed E-state index contributed by atoms with van der Waals surface area (Å²) in [6.07, 6.45) is 0. The molecular weight excluding hydrogens is 282 g/mol. The summed E-state index contributed by atoms with van der Waals surface area (Å²) < 4.78 is 1.94. The zero-order valence-electron chi connectivity index (χ0n) is 14.2. The highest BCUT2D eigenvalue weighted by molar-refractivity contribution is 5.89. The molecule has 23 heavy (non-hydrogen) atoms. The summed E-state index contributed by atoms with van der Waals surface area (Å²) in [6.45, 7) is 6.49. The topological polar surface area (TPSA) is 29.9 Å². The zero-order valence-corrected chi connectivity index (χ0v) is 14.2. The number of aryl methyl sites for hydroxylation is 1. The van der Waals surface area contributed by atoms with Gasteiger partial charge in [0.05, 0.1) is 5.56 Å². The minimum absolute atomic E-state index is 0.0364. The largest absolute Gasteiger partial charge is 0.365 e. The summed E-state index contributed by atoms with van der Waals surface area (Å²) in [7, 11) is 1.99. The van der Waals surface area contributed by atoms with Crippen molar-refractivity contribution < 1.29 is 0 Å². The molecule has 3 rings (SSSR count). The van der Waals surface area contributed by atoms with Crippen LogP contribution in [0.4, 0.5) is 5.82 Å².